The summed E-state index contributed by atoms with van der Waals surface area (Å²) in [5.41, 5.74) is -0.379. The smallest absolute Gasteiger partial charge is 0.351 e. The topological polar surface area (TPSA) is 124 Å². The monoisotopic (exact) mass is 436 g/mol. The van der Waals surface area contributed by atoms with Gasteiger partial charge in [0, 0.05) is 10.8 Å². The van der Waals surface area contributed by atoms with Gasteiger partial charge in [0.1, 0.15) is 22.3 Å². The number of esters is 1. The lowest BCUT2D eigenvalue weighted by atomic mass is 10.0. The maximum Gasteiger partial charge on any atom is 0.351 e. The number of carbonyl (C=O) groups is 2. The summed E-state index contributed by atoms with van der Waals surface area (Å²) in [5, 5.41) is 10.4. The molecule has 0 radical (unpaired) electrons. The van der Waals surface area contributed by atoms with Crippen molar-refractivity contribution in [2.45, 2.75) is 20.3 Å². The van der Waals surface area contributed by atoms with E-state index >= 15 is 0 Å². The van der Waals surface area contributed by atoms with Crippen LogP contribution in [0.25, 0.3) is 21.9 Å². The van der Waals surface area contributed by atoms with Crippen molar-refractivity contribution in [1.29, 1.82) is 0 Å². The van der Waals surface area contributed by atoms with E-state index in [-0.39, 0.29) is 17.7 Å². The van der Waals surface area contributed by atoms with Gasteiger partial charge in [0.05, 0.1) is 6.61 Å². The van der Waals surface area contributed by atoms with E-state index in [0.29, 0.717) is 33.9 Å². The van der Waals surface area contributed by atoms with Crippen LogP contribution in [-0.2, 0) is 11.2 Å². The minimum atomic E-state index is -1.24. The molecule has 0 saturated carbocycles. The third-order valence-corrected chi connectivity index (χ3v) is 4.62. The molecule has 2 heterocycles. The molecule has 1 N–H and O–H groups in total. The van der Waals surface area contributed by atoms with Crippen LogP contribution in [0, 0.1) is 0 Å². The van der Waals surface area contributed by atoms with E-state index in [1.807, 2.05) is 6.92 Å². The summed E-state index contributed by atoms with van der Waals surface area (Å²) in [6, 6.07) is 15.4. The predicted molar refractivity (Wildman–Crippen MR) is 117 cm³/mol. The number of aromatic carboxylic acids is 1. The standard InChI is InChI=1S/2C12H10O4/c1-2-15-11(13)9-7-8-5-3-4-6-10(8)16-12(9)14;1-2-7-8-5-3-4-6-9(8)16-12(15)10(7)11(13)14/h3-7H,2H2,1H3;3-6H,2H2,1H3,(H,13,14). The van der Waals surface area contributed by atoms with Gasteiger partial charge in [0.15, 0.2) is 0 Å². The van der Waals surface area contributed by atoms with Crippen LogP contribution in [-0.4, -0.2) is 23.7 Å². The molecule has 0 atom stereocenters. The quantitative estimate of drug-likeness (QED) is 0.376. The minimum absolute atomic E-state index is 0.0689. The molecule has 0 spiro atoms. The summed E-state index contributed by atoms with van der Waals surface area (Å²) < 4.78 is 14.7. The fourth-order valence-corrected chi connectivity index (χ4v) is 3.21. The van der Waals surface area contributed by atoms with Gasteiger partial charge in [-0.1, -0.05) is 43.3 Å². The lowest BCUT2D eigenvalue weighted by Crippen LogP contribution is -2.17. The van der Waals surface area contributed by atoms with Crippen LogP contribution < -0.4 is 11.3 Å². The highest BCUT2D eigenvalue weighted by atomic mass is 16.5. The van der Waals surface area contributed by atoms with Crippen LogP contribution in [0.3, 0.4) is 0 Å². The average Bonchev–Trinajstić information content (AvgIpc) is 2.78. The number of fused-ring (bicyclic) bond motifs is 2. The molecule has 0 fully saturated rings. The average molecular weight is 436 g/mol. The molecule has 0 aliphatic rings. The molecule has 0 bridgehead atoms. The van der Waals surface area contributed by atoms with Crippen LogP contribution in [0.15, 0.2) is 73.0 Å². The molecule has 4 aromatic rings. The third-order valence-electron chi connectivity index (χ3n) is 4.62. The molecular formula is C24H20O8. The highest BCUT2D eigenvalue weighted by Gasteiger charge is 2.18. The summed E-state index contributed by atoms with van der Waals surface area (Å²) in [6.45, 7) is 3.72. The summed E-state index contributed by atoms with van der Waals surface area (Å²) in [4.78, 5) is 45.4. The third kappa shape index (κ3) is 4.59. The fraction of sp³-hybridized carbons (Fsp3) is 0.167. The van der Waals surface area contributed by atoms with E-state index in [2.05, 4.69) is 0 Å². The number of rotatable bonds is 4. The van der Waals surface area contributed by atoms with Gasteiger partial charge in [-0.15, -0.1) is 0 Å². The molecule has 164 valence electrons. The Labute approximate surface area is 181 Å². The number of aryl methyl sites for hydroxylation is 1. The van der Waals surface area contributed by atoms with Gasteiger partial charge in [-0.25, -0.2) is 19.2 Å². The molecule has 8 heteroatoms. The van der Waals surface area contributed by atoms with Gasteiger partial charge < -0.3 is 18.7 Å². The Kier molecular flexibility index (Phi) is 6.84. The van der Waals surface area contributed by atoms with Crippen molar-refractivity contribution in [1.82, 2.24) is 0 Å². The fourth-order valence-electron chi connectivity index (χ4n) is 3.21. The van der Waals surface area contributed by atoms with E-state index in [9.17, 15) is 19.2 Å². The lowest BCUT2D eigenvalue weighted by Gasteiger charge is -2.05. The number of benzene rings is 2. The first-order valence-corrected chi connectivity index (χ1v) is 9.85. The van der Waals surface area contributed by atoms with Crippen LogP contribution in [0.5, 0.6) is 0 Å². The molecular weight excluding hydrogens is 416 g/mol. The number of para-hydroxylation sites is 2. The van der Waals surface area contributed by atoms with Gasteiger partial charge in [-0.3, -0.25) is 0 Å². The first-order valence-electron chi connectivity index (χ1n) is 9.85. The molecule has 0 aliphatic heterocycles. The number of carboxylic acid groups (broad SMARTS) is 1. The Balaban J connectivity index is 0.000000181. The van der Waals surface area contributed by atoms with Gasteiger partial charge in [-0.2, -0.15) is 0 Å². The SMILES string of the molecule is CCOC(=O)c1cc2ccccc2oc1=O.CCc1c(C(=O)O)c(=O)oc2ccccc12. The highest BCUT2D eigenvalue weighted by molar-refractivity contribution is 5.95. The molecule has 2 aromatic heterocycles. The maximum absolute atomic E-state index is 11.5. The zero-order valence-electron chi connectivity index (χ0n) is 17.4. The Morgan fingerprint density at radius 1 is 0.906 bits per heavy atom. The summed E-state index contributed by atoms with van der Waals surface area (Å²) in [7, 11) is 0. The van der Waals surface area contributed by atoms with Gasteiger partial charge >= 0.3 is 23.2 Å². The maximum atomic E-state index is 11.5. The molecule has 8 nitrogen and oxygen atoms in total. The second-order valence-corrected chi connectivity index (χ2v) is 6.60. The van der Waals surface area contributed by atoms with Crippen molar-refractivity contribution in [2.75, 3.05) is 6.61 Å². The molecule has 32 heavy (non-hydrogen) atoms. The Bertz CT molecular complexity index is 1410. The summed E-state index contributed by atoms with van der Waals surface area (Å²) >= 11 is 0. The molecule has 0 saturated heterocycles. The second kappa shape index (κ2) is 9.74. The Morgan fingerprint density at radius 2 is 1.53 bits per heavy atom. The zero-order valence-corrected chi connectivity index (χ0v) is 17.4. The number of hydrogen-bond acceptors (Lipinski definition) is 7. The normalized spacial score (nSPS) is 10.4. The van der Waals surface area contributed by atoms with E-state index in [1.165, 1.54) is 6.07 Å². The molecule has 0 unspecified atom stereocenters. The lowest BCUT2D eigenvalue weighted by molar-refractivity contribution is 0.0521. The molecule has 0 aliphatic carbocycles. The van der Waals surface area contributed by atoms with E-state index < -0.39 is 23.2 Å². The summed E-state index contributed by atoms with van der Waals surface area (Å²) in [6.07, 6.45) is 0.480. The van der Waals surface area contributed by atoms with Crippen molar-refractivity contribution >= 4 is 33.9 Å². The largest absolute Gasteiger partial charge is 0.477 e. The van der Waals surface area contributed by atoms with Crippen LogP contribution >= 0.6 is 0 Å². The van der Waals surface area contributed by atoms with Crippen molar-refractivity contribution in [3.8, 4) is 0 Å². The Morgan fingerprint density at radius 3 is 2.19 bits per heavy atom. The molecule has 0 amide bonds. The minimum Gasteiger partial charge on any atom is -0.477 e. The molecule has 4 rings (SSSR count). The number of hydrogen-bond donors (Lipinski definition) is 1. The van der Waals surface area contributed by atoms with Crippen molar-refractivity contribution in [3.63, 3.8) is 0 Å². The van der Waals surface area contributed by atoms with Crippen molar-refractivity contribution in [3.05, 3.63) is 92.1 Å². The highest BCUT2D eigenvalue weighted by Crippen LogP contribution is 2.20. The van der Waals surface area contributed by atoms with Crippen molar-refractivity contribution in [2.24, 2.45) is 0 Å². The van der Waals surface area contributed by atoms with Crippen LogP contribution in [0.1, 0.15) is 40.1 Å². The van der Waals surface area contributed by atoms with Crippen molar-refractivity contribution < 1.29 is 28.3 Å². The van der Waals surface area contributed by atoms with Gasteiger partial charge in [0.2, 0.25) is 0 Å². The zero-order chi connectivity index (χ0) is 23.3. The van der Waals surface area contributed by atoms with E-state index in [0.717, 1.165) is 0 Å². The van der Waals surface area contributed by atoms with E-state index in [4.69, 9.17) is 18.7 Å². The van der Waals surface area contributed by atoms with Gasteiger partial charge in [0.25, 0.3) is 0 Å². The first kappa shape index (κ1) is 22.5. The van der Waals surface area contributed by atoms with E-state index in [1.54, 1.807) is 55.5 Å². The Hall–Kier alpha value is -4.20. The first-order chi connectivity index (χ1) is 15.4. The van der Waals surface area contributed by atoms with Crippen LogP contribution in [0.4, 0.5) is 0 Å². The predicted octanol–water partition coefficient (Wildman–Crippen LogP) is 4.02. The summed E-state index contributed by atoms with van der Waals surface area (Å²) in [5.74, 6) is -1.89. The second-order valence-electron chi connectivity index (χ2n) is 6.60. The molecule has 2 aromatic carbocycles. The number of carbonyl (C=O) groups excluding carboxylic acids is 1. The van der Waals surface area contributed by atoms with Gasteiger partial charge in [-0.05, 0) is 37.1 Å². The number of carboxylic acids is 1. The number of ether oxygens (including phenoxy) is 1. The van der Waals surface area contributed by atoms with Crippen LogP contribution in [0.2, 0.25) is 0 Å².